The first-order chi connectivity index (χ1) is 6.79. The van der Waals surface area contributed by atoms with Gasteiger partial charge in [-0.25, -0.2) is 4.57 Å². The summed E-state index contributed by atoms with van der Waals surface area (Å²) in [5.74, 6) is 0. The molecule has 1 heterocycles. The molecule has 0 saturated carbocycles. The average molecular weight is 314 g/mol. The molecule has 0 unspecified atom stereocenters. The molecule has 2 rings (SSSR count). The summed E-state index contributed by atoms with van der Waals surface area (Å²) in [5, 5.41) is 0. The molecule has 1 aromatic carbocycles. The zero-order valence-electron chi connectivity index (χ0n) is 8.30. The van der Waals surface area contributed by atoms with Crippen LogP contribution in [-0.2, 0) is 7.05 Å². The third-order valence-electron chi connectivity index (χ3n) is 2.09. The molecule has 0 atom stereocenters. The first-order valence-corrected chi connectivity index (χ1v) is 4.42. The van der Waals surface area contributed by atoms with Crippen LogP contribution in [0.1, 0.15) is 0 Å². The standard InChI is InChI=1S/C11H11N2O.HI/c1-12-8-5-9-13(11(12)14)10-6-3-2-4-7-10;/h2-9H,1H3;1H/q+1;/p-1. The number of rotatable bonds is 1. The van der Waals surface area contributed by atoms with Crippen LogP contribution in [0.5, 0.6) is 0 Å². The van der Waals surface area contributed by atoms with Crippen LogP contribution in [-0.4, -0.2) is 4.57 Å². The molecule has 0 aliphatic carbocycles. The minimum atomic E-state index is -0.0429. The Morgan fingerprint density at radius 2 is 1.80 bits per heavy atom. The lowest BCUT2D eigenvalue weighted by Crippen LogP contribution is -3.00. The van der Waals surface area contributed by atoms with Crippen LogP contribution in [0.15, 0.2) is 53.6 Å². The lowest BCUT2D eigenvalue weighted by atomic mass is 10.3. The first kappa shape index (κ1) is 11.9. The van der Waals surface area contributed by atoms with E-state index in [4.69, 9.17) is 0 Å². The number of hydrogen-bond donors (Lipinski definition) is 0. The molecule has 0 aliphatic rings. The topological polar surface area (TPSA) is 25.9 Å². The van der Waals surface area contributed by atoms with E-state index in [1.54, 1.807) is 28.6 Å². The number of halogens is 1. The number of para-hydroxylation sites is 1. The second-order valence-corrected chi connectivity index (χ2v) is 3.09. The number of aryl methyl sites for hydroxylation is 1. The Morgan fingerprint density at radius 1 is 1.13 bits per heavy atom. The molecule has 3 nitrogen and oxygen atoms in total. The van der Waals surface area contributed by atoms with Gasteiger partial charge in [-0.3, -0.25) is 0 Å². The molecule has 0 radical (unpaired) electrons. The van der Waals surface area contributed by atoms with Crippen LogP contribution in [0.3, 0.4) is 0 Å². The van der Waals surface area contributed by atoms with Gasteiger partial charge in [0.1, 0.15) is 11.9 Å². The lowest BCUT2D eigenvalue weighted by molar-refractivity contribution is -0.690. The predicted molar refractivity (Wildman–Crippen MR) is 53.2 cm³/mol. The SMILES string of the molecule is C[n+]1cccn(-c2ccccc2)c1=O.[I-]. The molecule has 0 saturated heterocycles. The van der Waals surface area contributed by atoms with Gasteiger partial charge in [0, 0.05) is 6.07 Å². The number of hydrogen-bond acceptors (Lipinski definition) is 1. The highest BCUT2D eigenvalue weighted by molar-refractivity contribution is 5.30. The normalized spacial score (nSPS) is 9.40. The fraction of sp³-hybridized carbons (Fsp3) is 0.0909. The van der Waals surface area contributed by atoms with Crippen molar-refractivity contribution < 1.29 is 28.5 Å². The van der Waals surface area contributed by atoms with E-state index in [0.29, 0.717) is 0 Å². The van der Waals surface area contributed by atoms with Gasteiger partial charge in [0.05, 0.1) is 13.2 Å². The highest BCUT2D eigenvalue weighted by atomic mass is 127. The molecule has 78 valence electrons. The minimum Gasteiger partial charge on any atom is -1.00 e. The number of aromatic nitrogens is 2. The Hall–Kier alpha value is -1.17. The summed E-state index contributed by atoms with van der Waals surface area (Å²) >= 11 is 0. The highest BCUT2D eigenvalue weighted by Gasteiger charge is 2.07. The highest BCUT2D eigenvalue weighted by Crippen LogP contribution is 2.01. The zero-order chi connectivity index (χ0) is 9.97. The van der Waals surface area contributed by atoms with Crippen LogP contribution in [0.25, 0.3) is 5.69 Å². The minimum absolute atomic E-state index is 0. The fourth-order valence-corrected chi connectivity index (χ4v) is 1.34. The zero-order valence-corrected chi connectivity index (χ0v) is 10.5. The van der Waals surface area contributed by atoms with Gasteiger partial charge < -0.3 is 24.0 Å². The predicted octanol–water partition coefficient (Wildman–Crippen LogP) is -2.33. The van der Waals surface area contributed by atoms with Crippen LogP contribution >= 0.6 is 0 Å². The van der Waals surface area contributed by atoms with Crippen LogP contribution in [0.4, 0.5) is 0 Å². The van der Waals surface area contributed by atoms with E-state index in [-0.39, 0.29) is 29.7 Å². The van der Waals surface area contributed by atoms with E-state index in [1.807, 2.05) is 36.4 Å². The van der Waals surface area contributed by atoms with Crippen LogP contribution < -0.4 is 34.2 Å². The summed E-state index contributed by atoms with van der Waals surface area (Å²) in [4.78, 5) is 11.7. The summed E-state index contributed by atoms with van der Waals surface area (Å²) < 4.78 is 3.16. The molecule has 1 aromatic heterocycles. The second kappa shape index (κ2) is 5.06. The Labute approximate surface area is 105 Å². The van der Waals surface area contributed by atoms with Gasteiger partial charge in [0.2, 0.25) is 0 Å². The van der Waals surface area contributed by atoms with Gasteiger partial charge in [-0.15, -0.1) is 0 Å². The maximum absolute atomic E-state index is 11.7. The van der Waals surface area contributed by atoms with Crippen molar-refractivity contribution in [1.82, 2.24) is 4.57 Å². The molecule has 0 amide bonds. The Balaban J connectivity index is 0.00000112. The molecule has 0 fully saturated rings. The maximum Gasteiger partial charge on any atom is 0.502 e. The number of benzene rings is 1. The molecule has 0 spiro atoms. The largest absolute Gasteiger partial charge is 1.00 e. The van der Waals surface area contributed by atoms with Crippen molar-refractivity contribution in [2.24, 2.45) is 7.05 Å². The summed E-state index contributed by atoms with van der Waals surface area (Å²) in [7, 11) is 1.74. The van der Waals surface area contributed by atoms with Gasteiger partial charge in [-0.1, -0.05) is 18.2 Å². The van der Waals surface area contributed by atoms with Crippen molar-refractivity contribution in [1.29, 1.82) is 0 Å². The quantitative estimate of drug-likeness (QED) is 0.428. The van der Waals surface area contributed by atoms with Crippen molar-refractivity contribution in [3.63, 3.8) is 0 Å². The van der Waals surface area contributed by atoms with Gasteiger partial charge >= 0.3 is 5.69 Å². The molecule has 4 heteroatoms. The van der Waals surface area contributed by atoms with Gasteiger partial charge in [-0.2, -0.15) is 9.36 Å². The second-order valence-electron chi connectivity index (χ2n) is 3.09. The molecule has 15 heavy (non-hydrogen) atoms. The molecule has 0 N–H and O–H groups in total. The number of nitrogens with zero attached hydrogens (tertiary/aromatic N) is 2. The van der Waals surface area contributed by atoms with Crippen molar-refractivity contribution >= 4 is 0 Å². The third-order valence-corrected chi connectivity index (χ3v) is 2.09. The summed E-state index contributed by atoms with van der Waals surface area (Å²) in [6.07, 6.45) is 3.50. The van der Waals surface area contributed by atoms with E-state index in [2.05, 4.69) is 0 Å². The van der Waals surface area contributed by atoms with Gasteiger partial charge in [0.25, 0.3) is 0 Å². The van der Waals surface area contributed by atoms with Gasteiger partial charge in [-0.05, 0) is 12.1 Å². The summed E-state index contributed by atoms with van der Waals surface area (Å²) in [6, 6.07) is 11.4. The van der Waals surface area contributed by atoms with Crippen molar-refractivity contribution in [2.75, 3.05) is 0 Å². The van der Waals surface area contributed by atoms with Crippen LogP contribution in [0, 0.1) is 0 Å². The van der Waals surface area contributed by atoms with E-state index in [1.165, 1.54) is 0 Å². The van der Waals surface area contributed by atoms with E-state index < -0.39 is 0 Å². The fourth-order valence-electron chi connectivity index (χ4n) is 1.34. The van der Waals surface area contributed by atoms with Crippen molar-refractivity contribution in [3.8, 4) is 5.69 Å². The van der Waals surface area contributed by atoms with Crippen molar-refractivity contribution in [2.45, 2.75) is 0 Å². The molecule has 2 aromatic rings. The van der Waals surface area contributed by atoms with Crippen LogP contribution in [0.2, 0.25) is 0 Å². The maximum atomic E-state index is 11.7. The Bertz CT molecular complexity index is 493. The lowest BCUT2D eigenvalue weighted by Gasteiger charge is -1.97. The monoisotopic (exact) mass is 314 g/mol. The van der Waals surface area contributed by atoms with E-state index in [0.717, 1.165) is 5.69 Å². The smallest absolute Gasteiger partial charge is 0.502 e. The third kappa shape index (κ3) is 2.44. The van der Waals surface area contributed by atoms with Gasteiger partial charge in [0.15, 0.2) is 0 Å². The average Bonchev–Trinajstić information content (AvgIpc) is 2.23. The summed E-state index contributed by atoms with van der Waals surface area (Å²) in [5.41, 5.74) is 0.840. The molecule has 0 aliphatic heterocycles. The Morgan fingerprint density at radius 3 is 2.47 bits per heavy atom. The Kier molecular flexibility index (Phi) is 4.02. The first-order valence-electron chi connectivity index (χ1n) is 4.42. The summed E-state index contributed by atoms with van der Waals surface area (Å²) in [6.45, 7) is 0. The van der Waals surface area contributed by atoms with E-state index in [9.17, 15) is 4.79 Å². The van der Waals surface area contributed by atoms with Crippen molar-refractivity contribution in [3.05, 3.63) is 59.3 Å². The molecule has 0 bridgehead atoms. The molecular formula is C11H11IN2O. The van der Waals surface area contributed by atoms with E-state index >= 15 is 0 Å². The molecular weight excluding hydrogens is 303 g/mol.